The lowest BCUT2D eigenvalue weighted by Crippen LogP contribution is -2.34. The zero-order valence-corrected chi connectivity index (χ0v) is 9.60. The van der Waals surface area contributed by atoms with Crippen LogP contribution in [0.15, 0.2) is 17.1 Å². The van der Waals surface area contributed by atoms with Crippen molar-refractivity contribution < 1.29 is 0 Å². The molecule has 3 rings (SSSR count). The highest BCUT2D eigenvalue weighted by molar-refractivity contribution is 5.40. The molecule has 17 heavy (non-hydrogen) atoms. The standard InChI is InChI=1S/C13H15N3O/c14-6-8-3-11(4-8)16-7-10(9-1-2-9)5-12(15)13(16)17/h5,7-9,11H,1-4,15H2/t8-,11-. The Bertz CT molecular complexity index is 545. The van der Waals surface area contributed by atoms with Crippen molar-refractivity contribution in [2.45, 2.75) is 37.6 Å². The molecule has 0 aromatic carbocycles. The lowest BCUT2D eigenvalue weighted by atomic mass is 9.81. The van der Waals surface area contributed by atoms with Crippen molar-refractivity contribution in [3.05, 3.63) is 28.2 Å². The molecule has 0 amide bonds. The molecule has 88 valence electrons. The molecule has 0 aliphatic heterocycles. The van der Waals surface area contributed by atoms with E-state index in [1.807, 2.05) is 12.3 Å². The first-order valence-corrected chi connectivity index (χ1v) is 6.10. The van der Waals surface area contributed by atoms with E-state index in [1.165, 1.54) is 18.4 Å². The van der Waals surface area contributed by atoms with Crippen LogP contribution in [0.2, 0.25) is 0 Å². The number of hydrogen-bond donors (Lipinski definition) is 1. The van der Waals surface area contributed by atoms with Crippen LogP contribution >= 0.6 is 0 Å². The number of nitriles is 1. The largest absolute Gasteiger partial charge is 0.394 e. The van der Waals surface area contributed by atoms with Crippen molar-refractivity contribution in [3.8, 4) is 6.07 Å². The van der Waals surface area contributed by atoms with E-state index in [0.29, 0.717) is 11.6 Å². The van der Waals surface area contributed by atoms with Crippen molar-refractivity contribution in [2.75, 3.05) is 5.73 Å². The van der Waals surface area contributed by atoms with Gasteiger partial charge in [0.15, 0.2) is 0 Å². The minimum absolute atomic E-state index is 0.101. The lowest BCUT2D eigenvalue weighted by Gasteiger charge is -2.32. The van der Waals surface area contributed by atoms with E-state index >= 15 is 0 Å². The molecule has 0 unspecified atom stereocenters. The van der Waals surface area contributed by atoms with Crippen LogP contribution in [0.1, 0.15) is 43.2 Å². The van der Waals surface area contributed by atoms with Crippen LogP contribution in [0.5, 0.6) is 0 Å². The van der Waals surface area contributed by atoms with Gasteiger partial charge < -0.3 is 10.3 Å². The monoisotopic (exact) mass is 229 g/mol. The summed E-state index contributed by atoms with van der Waals surface area (Å²) in [6.45, 7) is 0. The maximum atomic E-state index is 11.9. The molecule has 2 saturated carbocycles. The van der Waals surface area contributed by atoms with Gasteiger partial charge in [-0.2, -0.15) is 5.26 Å². The van der Waals surface area contributed by atoms with Crippen LogP contribution in [0.4, 0.5) is 5.69 Å². The van der Waals surface area contributed by atoms with Gasteiger partial charge in [0, 0.05) is 12.2 Å². The number of rotatable bonds is 2. The van der Waals surface area contributed by atoms with Gasteiger partial charge in [-0.15, -0.1) is 0 Å². The van der Waals surface area contributed by atoms with Gasteiger partial charge in [-0.1, -0.05) is 0 Å². The van der Waals surface area contributed by atoms with Gasteiger partial charge in [0.2, 0.25) is 0 Å². The van der Waals surface area contributed by atoms with Gasteiger partial charge in [0.1, 0.15) is 0 Å². The second kappa shape index (κ2) is 3.63. The predicted molar refractivity (Wildman–Crippen MR) is 64.5 cm³/mol. The Hall–Kier alpha value is -1.76. The summed E-state index contributed by atoms with van der Waals surface area (Å²) in [7, 11) is 0. The van der Waals surface area contributed by atoms with Gasteiger partial charge in [-0.05, 0) is 43.2 Å². The van der Waals surface area contributed by atoms with Crippen LogP contribution in [-0.2, 0) is 0 Å². The van der Waals surface area contributed by atoms with Crippen molar-refractivity contribution in [1.29, 1.82) is 5.26 Å². The highest BCUT2D eigenvalue weighted by Crippen LogP contribution is 2.42. The summed E-state index contributed by atoms with van der Waals surface area (Å²) >= 11 is 0. The average molecular weight is 229 g/mol. The number of nitrogens with two attached hydrogens (primary N) is 1. The van der Waals surface area contributed by atoms with E-state index in [4.69, 9.17) is 11.0 Å². The molecule has 4 nitrogen and oxygen atoms in total. The third-order valence-electron chi connectivity index (χ3n) is 3.83. The maximum Gasteiger partial charge on any atom is 0.273 e. The molecule has 0 bridgehead atoms. The van der Waals surface area contributed by atoms with Crippen molar-refractivity contribution in [1.82, 2.24) is 4.57 Å². The molecule has 0 radical (unpaired) electrons. The zero-order chi connectivity index (χ0) is 12.0. The lowest BCUT2D eigenvalue weighted by molar-refractivity contribution is 0.243. The van der Waals surface area contributed by atoms with E-state index in [0.717, 1.165) is 12.8 Å². The van der Waals surface area contributed by atoms with Gasteiger partial charge in [-0.3, -0.25) is 4.79 Å². The Balaban J connectivity index is 1.93. The first-order chi connectivity index (χ1) is 8.19. The van der Waals surface area contributed by atoms with E-state index in [9.17, 15) is 4.79 Å². The molecule has 2 aliphatic rings. The number of nitrogen functional groups attached to an aromatic ring is 1. The second-order valence-corrected chi connectivity index (χ2v) is 5.17. The summed E-state index contributed by atoms with van der Waals surface area (Å²) < 4.78 is 1.75. The highest BCUT2D eigenvalue weighted by atomic mass is 16.1. The first-order valence-electron chi connectivity index (χ1n) is 6.10. The first kappa shape index (κ1) is 10.4. The molecular formula is C13H15N3O. The van der Waals surface area contributed by atoms with Gasteiger partial charge >= 0.3 is 0 Å². The van der Waals surface area contributed by atoms with Crippen LogP contribution in [0.3, 0.4) is 0 Å². The number of anilines is 1. The topological polar surface area (TPSA) is 71.8 Å². The molecule has 1 aromatic rings. The fraction of sp³-hybridized carbons (Fsp3) is 0.538. The van der Waals surface area contributed by atoms with E-state index in [2.05, 4.69) is 6.07 Å². The molecule has 0 spiro atoms. The second-order valence-electron chi connectivity index (χ2n) is 5.17. The Kier molecular flexibility index (Phi) is 2.22. The minimum Gasteiger partial charge on any atom is -0.394 e. The predicted octanol–water partition coefficient (Wildman–Crippen LogP) is 1.78. The zero-order valence-electron chi connectivity index (χ0n) is 9.60. The van der Waals surface area contributed by atoms with E-state index < -0.39 is 0 Å². The van der Waals surface area contributed by atoms with Gasteiger partial charge in [0.25, 0.3) is 5.56 Å². The molecular weight excluding hydrogens is 214 g/mol. The fourth-order valence-corrected chi connectivity index (χ4v) is 2.48. The number of nitrogens with zero attached hydrogens (tertiary/aromatic N) is 2. The Morgan fingerprint density at radius 3 is 2.71 bits per heavy atom. The third kappa shape index (κ3) is 1.72. The number of pyridine rings is 1. The molecule has 1 heterocycles. The fourth-order valence-electron chi connectivity index (χ4n) is 2.48. The molecule has 0 saturated heterocycles. The maximum absolute atomic E-state index is 11.9. The highest BCUT2D eigenvalue weighted by Gasteiger charge is 2.32. The van der Waals surface area contributed by atoms with Crippen LogP contribution in [0.25, 0.3) is 0 Å². The van der Waals surface area contributed by atoms with Crippen molar-refractivity contribution in [2.24, 2.45) is 5.92 Å². The van der Waals surface area contributed by atoms with Crippen LogP contribution < -0.4 is 11.3 Å². The average Bonchev–Trinajstić information content (AvgIpc) is 3.06. The SMILES string of the molecule is N#C[C@H]1C[C@H](n2cc(C3CC3)cc(N)c2=O)C1. The number of aromatic nitrogens is 1. The van der Waals surface area contributed by atoms with Gasteiger partial charge in [0.05, 0.1) is 17.7 Å². The Labute approximate surface area is 99.7 Å². The van der Waals surface area contributed by atoms with Crippen molar-refractivity contribution in [3.63, 3.8) is 0 Å². The molecule has 0 atom stereocenters. The minimum atomic E-state index is -0.101. The Morgan fingerprint density at radius 1 is 1.41 bits per heavy atom. The third-order valence-corrected chi connectivity index (χ3v) is 3.83. The summed E-state index contributed by atoms with van der Waals surface area (Å²) in [6, 6.07) is 4.23. The van der Waals surface area contributed by atoms with Crippen LogP contribution in [-0.4, -0.2) is 4.57 Å². The van der Waals surface area contributed by atoms with E-state index in [-0.39, 0.29) is 17.5 Å². The van der Waals surface area contributed by atoms with E-state index in [1.54, 1.807) is 4.57 Å². The molecule has 1 aromatic heterocycles. The molecule has 2 N–H and O–H groups in total. The summed E-state index contributed by atoms with van der Waals surface area (Å²) in [5, 5.41) is 8.77. The molecule has 2 fully saturated rings. The molecule has 4 heteroatoms. The summed E-state index contributed by atoms with van der Waals surface area (Å²) in [5.74, 6) is 0.702. The Morgan fingerprint density at radius 2 is 2.12 bits per heavy atom. The quantitative estimate of drug-likeness (QED) is 0.840. The number of hydrogen-bond acceptors (Lipinski definition) is 3. The van der Waals surface area contributed by atoms with Gasteiger partial charge in [-0.25, -0.2) is 0 Å². The summed E-state index contributed by atoms with van der Waals surface area (Å²) in [6.07, 6.45) is 5.91. The molecule has 2 aliphatic carbocycles. The van der Waals surface area contributed by atoms with Crippen LogP contribution in [0, 0.1) is 17.2 Å². The normalized spacial score (nSPS) is 27.2. The van der Waals surface area contributed by atoms with Crippen molar-refractivity contribution >= 4 is 5.69 Å². The summed E-state index contributed by atoms with van der Waals surface area (Å²) in [5.41, 5.74) is 7.20. The summed E-state index contributed by atoms with van der Waals surface area (Å²) in [4.78, 5) is 11.9. The smallest absolute Gasteiger partial charge is 0.273 e.